The third kappa shape index (κ3) is 13.3. The highest BCUT2D eigenvalue weighted by atomic mass is 16.8. The summed E-state index contributed by atoms with van der Waals surface area (Å²) < 4.78 is 65.5. The number of hydrogen-bond donors (Lipinski definition) is 13. The number of esters is 2. The van der Waals surface area contributed by atoms with Gasteiger partial charge in [-0.15, -0.1) is 0 Å². The number of phenols is 4. The van der Waals surface area contributed by atoms with Crippen LogP contribution in [0.4, 0.5) is 0 Å². The number of aliphatic hydroxyl groups excluding tert-OH is 9. The minimum absolute atomic E-state index is 0.0121. The van der Waals surface area contributed by atoms with Gasteiger partial charge in [-0.3, -0.25) is 4.79 Å². The van der Waals surface area contributed by atoms with E-state index in [1.54, 1.807) is 0 Å². The number of benzene rings is 4. The molecular formula is C57H62O27. The first-order valence-corrected chi connectivity index (χ1v) is 26.3. The van der Waals surface area contributed by atoms with E-state index < -0.39 is 175 Å². The van der Waals surface area contributed by atoms with E-state index in [2.05, 4.69) is 0 Å². The number of phenolic OH excluding ortho intramolecular Hbond substituents is 4. The molecule has 5 aromatic rings. The monoisotopic (exact) mass is 1180 g/mol. The van der Waals surface area contributed by atoms with Crippen molar-refractivity contribution in [2.45, 2.75) is 144 Å². The molecule has 0 aliphatic carbocycles. The van der Waals surface area contributed by atoms with Gasteiger partial charge in [-0.25, -0.2) is 9.59 Å². The van der Waals surface area contributed by atoms with Crippen LogP contribution in [0.25, 0.3) is 34.4 Å². The van der Waals surface area contributed by atoms with Gasteiger partial charge in [0.1, 0.15) is 107 Å². The highest BCUT2D eigenvalue weighted by Crippen LogP contribution is 2.41. The Kier molecular flexibility index (Phi) is 18.9. The maximum atomic E-state index is 15.0. The van der Waals surface area contributed by atoms with Gasteiger partial charge in [0.05, 0.1) is 24.9 Å². The summed E-state index contributed by atoms with van der Waals surface area (Å²) in [5.41, 5.74) is -0.663. The maximum absolute atomic E-state index is 15.0. The van der Waals surface area contributed by atoms with Crippen LogP contribution >= 0.6 is 0 Å². The Morgan fingerprint density at radius 3 is 1.50 bits per heavy atom. The van der Waals surface area contributed by atoms with E-state index >= 15 is 0 Å². The topological polar surface area (TPSA) is 420 Å². The van der Waals surface area contributed by atoms with Gasteiger partial charge in [-0.2, -0.15) is 0 Å². The molecular weight excluding hydrogens is 1120 g/mol. The molecule has 5 heterocycles. The molecule has 27 heteroatoms. The predicted molar refractivity (Wildman–Crippen MR) is 283 cm³/mol. The quantitative estimate of drug-likeness (QED) is 0.0453. The Morgan fingerprint density at radius 2 is 0.988 bits per heavy atom. The van der Waals surface area contributed by atoms with Crippen molar-refractivity contribution in [3.8, 4) is 45.8 Å². The molecule has 4 aliphatic heterocycles. The van der Waals surface area contributed by atoms with Crippen LogP contribution in [0.5, 0.6) is 34.5 Å². The fourth-order valence-corrected chi connectivity index (χ4v) is 9.72. The highest BCUT2D eigenvalue weighted by Gasteiger charge is 2.55. The number of rotatable bonds is 16. The van der Waals surface area contributed by atoms with Crippen LogP contribution < -0.4 is 14.9 Å². The van der Waals surface area contributed by atoms with Crippen LogP contribution in [0.2, 0.25) is 0 Å². The fourth-order valence-electron chi connectivity index (χ4n) is 9.72. The van der Waals surface area contributed by atoms with Gasteiger partial charge in [-0.05, 0) is 92.6 Å². The van der Waals surface area contributed by atoms with Crippen molar-refractivity contribution in [1.29, 1.82) is 0 Å². The molecule has 452 valence electrons. The van der Waals surface area contributed by atoms with E-state index in [0.717, 1.165) is 24.3 Å². The number of fused-ring (bicyclic) bond motifs is 1. The minimum Gasteiger partial charge on any atom is -0.508 e. The largest absolute Gasteiger partial charge is 0.508 e. The SMILES string of the molecule is C[C@@H]1O[C@@H](O[C@H]2[C@@H](O)[C@H](Oc3cc(O)c4c(=O)c(O[C@@H]5O[C@H](CO)[C@@H](O)[C@H](O[C@H]6O[C@H](C)[C@@H](O)[C@H](O)[C@@H]6O)[C@H]5OC(=O)/C=C/c5ccc(O)cc5)c(-c5ccc(O)cc5)oc4c3)O[C@@H](C)[C@@H]2OC(=O)/C=C/c2ccc(O)cc2)[C@H](O)[C@H](O)[C@H]1O. The van der Waals surface area contributed by atoms with Gasteiger partial charge in [-0.1, -0.05) is 24.3 Å². The molecule has 4 saturated heterocycles. The van der Waals surface area contributed by atoms with Crippen molar-refractivity contribution >= 4 is 35.1 Å². The molecule has 84 heavy (non-hydrogen) atoms. The van der Waals surface area contributed by atoms with E-state index in [0.29, 0.717) is 11.1 Å². The lowest BCUT2D eigenvalue weighted by molar-refractivity contribution is -0.349. The second-order valence-corrected chi connectivity index (χ2v) is 20.3. The minimum atomic E-state index is -2.09. The van der Waals surface area contributed by atoms with E-state index in [-0.39, 0.29) is 28.6 Å². The van der Waals surface area contributed by atoms with Crippen LogP contribution in [-0.4, -0.2) is 208 Å². The number of hydrogen-bond acceptors (Lipinski definition) is 27. The lowest BCUT2D eigenvalue weighted by atomic mass is 9.97. The van der Waals surface area contributed by atoms with E-state index in [4.69, 9.17) is 51.8 Å². The van der Waals surface area contributed by atoms with Crippen molar-refractivity contribution in [3.05, 3.63) is 118 Å². The summed E-state index contributed by atoms with van der Waals surface area (Å²) in [5.74, 6) is -4.89. The Hall–Kier alpha value is -7.29. The average Bonchev–Trinajstić information content (AvgIpc) is 2.23. The summed E-state index contributed by atoms with van der Waals surface area (Å²) in [7, 11) is 0. The smallest absolute Gasteiger partial charge is 0.331 e. The highest BCUT2D eigenvalue weighted by molar-refractivity contribution is 5.89. The van der Waals surface area contributed by atoms with Crippen LogP contribution in [0.15, 0.2) is 106 Å². The first-order chi connectivity index (χ1) is 40.0. The average molecular weight is 1180 g/mol. The zero-order valence-corrected chi connectivity index (χ0v) is 44.7. The molecule has 13 N–H and O–H groups in total. The normalized spacial score (nSPS) is 33.7. The molecule has 27 nitrogen and oxygen atoms in total. The Labute approximate surface area is 476 Å². The summed E-state index contributed by atoms with van der Waals surface area (Å²) in [4.78, 5) is 42.0. The van der Waals surface area contributed by atoms with E-state index in [1.165, 1.54) is 106 Å². The molecule has 4 aliphatic rings. The van der Waals surface area contributed by atoms with Crippen LogP contribution in [0, 0.1) is 0 Å². The summed E-state index contributed by atoms with van der Waals surface area (Å²) in [5, 5.41) is 139. The van der Waals surface area contributed by atoms with Gasteiger partial charge in [0, 0.05) is 29.8 Å². The summed E-state index contributed by atoms with van der Waals surface area (Å²) in [6, 6.07) is 18.5. The Balaban J connectivity index is 1.06. The van der Waals surface area contributed by atoms with E-state index in [9.17, 15) is 80.8 Å². The van der Waals surface area contributed by atoms with Gasteiger partial charge in [0.2, 0.25) is 23.8 Å². The molecule has 0 spiro atoms. The summed E-state index contributed by atoms with van der Waals surface area (Å²) in [6.45, 7) is 3.17. The molecule has 1 aromatic heterocycles. The molecule has 9 rings (SSSR count). The van der Waals surface area contributed by atoms with Crippen molar-refractivity contribution < 1.29 is 128 Å². The molecule has 4 fully saturated rings. The summed E-state index contributed by atoms with van der Waals surface area (Å²) in [6.07, 6.45) is -29.7. The zero-order chi connectivity index (χ0) is 60.4. The van der Waals surface area contributed by atoms with Gasteiger partial charge >= 0.3 is 11.9 Å². The van der Waals surface area contributed by atoms with Gasteiger partial charge in [0.25, 0.3) is 0 Å². The van der Waals surface area contributed by atoms with Crippen LogP contribution in [0.3, 0.4) is 0 Å². The molecule has 0 saturated carbocycles. The lowest BCUT2D eigenvalue weighted by Crippen LogP contribution is -2.65. The first kappa shape index (κ1) is 61.3. The van der Waals surface area contributed by atoms with Crippen molar-refractivity contribution in [2.24, 2.45) is 0 Å². The number of aromatic hydroxyl groups is 4. The Bertz CT molecular complexity index is 3210. The molecule has 0 radical (unpaired) electrons. The van der Waals surface area contributed by atoms with Crippen molar-refractivity contribution in [1.82, 2.24) is 0 Å². The third-order valence-corrected chi connectivity index (χ3v) is 14.4. The maximum Gasteiger partial charge on any atom is 0.331 e. The molecule has 20 atom stereocenters. The van der Waals surface area contributed by atoms with E-state index in [1.807, 2.05) is 0 Å². The molecule has 0 bridgehead atoms. The van der Waals surface area contributed by atoms with Crippen LogP contribution in [0.1, 0.15) is 31.9 Å². The van der Waals surface area contributed by atoms with Gasteiger partial charge < -0.3 is 118 Å². The fraction of sp³-hybridized carbons (Fsp3) is 0.421. The molecule has 4 aromatic carbocycles. The van der Waals surface area contributed by atoms with Crippen molar-refractivity contribution in [2.75, 3.05) is 6.61 Å². The van der Waals surface area contributed by atoms with Crippen molar-refractivity contribution in [3.63, 3.8) is 0 Å². The lowest BCUT2D eigenvalue weighted by Gasteiger charge is -2.46. The molecule has 0 amide bonds. The Morgan fingerprint density at radius 1 is 0.512 bits per heavy atom. The number of aliphatic hydroxyl groups is 9. The number of ether oxygens (including phenoxy) is 10. The third-order valence-electron chi connectivity index (χ3n) is 14.4. The van der Waals surface area contributed by atoms with Gasteiger partial charge in [0.15, 0.2) is 30.5 Å². The standard InChI is InChI=1S/C57H62O27/c1-23-39(65)43(69)45(71)54(74-23)82-50-41(67)35(22-58)79-57(53(50)81-37(64)19-9-27-6-14-30(60)15-7-27)84-51-42(68)38-33(62)20-32(21-34(38)78-49(51)28-10-16-31(61)17-11-28)77-56-47(73)52(83-55-46(72)44(70)40(66)24(2)75-55)48(25(3)76-56)80-36(63)18-8-26-4-12-29(59)13-5-26/h4-21,23-25,35,39-41,43-48,50,52-62,65-67,69-73H,22H2,1-3H3/b18-8+,19-9+/t23-,24+,25+,35-,39-,40+,41-,43+,44-,45+,46-,47-,48+,50+,52+,53-,54-,55+,56+,57+/m1/s1. The molecule has 0 unspecified atom stereocenters. The zero-order valence-electron chi connectivity index (χ0n) is 44.7. The summed E-state index contributed by atoms with van der Waals surface area (Å²) >= 11 is 0. The second kappa shape index (κ2) is 25.9. The first-order valence-electron chi connectivity index (χ1n) is 26.3. The number of carbonyl (C=O) groups is 2. The van der Waals surface area contributed by atoms with Crippen LogP contribution in [-0.2, 0) is 47.5 Å². The number of carbonyl (C=O) groups excluding carboxylic acids is 2. The second-order valence-electron chi connectivity index (χ2n) is 20.3. The predicted octanol–water partition coefficient (Wildman–Crippen LogP) is -0.100.